The van der Waals surface area contributed by atoms with Crippen molar-refractivity contribution < 1.29 is 34.8 Å². The molecule has 0 aromatic heterocycles. The zero-order valence-electron chi connectivity index (χ0n) is 8.76. The van der Waals surface area contributed by atoms with Gasteiger partial charge in [-0.25, -0.2) is 9.59 Å². The second kappa shape index (κ2) is 4.56. The lowest BCUT2D eigenvalue weighted by atomic mass is 10.0. The molecule has 0 saturated carbocycles. The van der Waals surface area contributed by atoms with Crippen LogP contribution in [0.15, 0.2) is 6.07 Å². The molecule has 0 atom stereocenters. The predicted octanol–water partition coefficient (Wildman–Crippen LogP) is 0.605. The summed E-state index contributed by atoms with van der Waals surface area (Å²) in [6.45, 7) is 0. The van der Waals surface area contributed by atoms with E-state index in [0.717, 1.165) is 0 Å². The highest BCUT2D eigenvalue weighted by atomic mass is 16.6. The molecule has 0 unspecified atom stereocenters. The number of aromatic carboxylic acids is 2. The number of nitro groups is 2. The summed E-state index contributed by atoms with van der Waals surface area (Å²) in [5, 5.41) is 48.0. The second-order valence-corrected chi connectivity index (χ2v) is 3.14. The highest BCUT2D eigenvalue weighted by Gasteiger charge is 2.37. The fourth-order valence-electron chi connectivity index (χ4n) is 1.34. The van der Waals surface area contributed by atoms with Crippen molar-refractivity contribution in [1.82, 2.24) is 0 Å². The molecule has 0 aliphatic rings. The smallest absolute Gasteiger partial charge is 0.342 e. The quantitative estimate of drug-likeness (QED) is 0.521. The summed E-state index contributed by atoms with van der Waals surface area (Å²) in [4.78, 5) is 40.0. The molecule has 0 bridgehead atoms. The molecular weight excluding hydrogens is 268 g/mol. The first-order chi connectivity index (χ1) is 8.68. The van der Waals surface area contributed by atoms with E-state index in [1.807, 2.05) is 0 Å². The zero-order valence-corrected chi connectivity index (χ0v) is 8.76. The normalized spacial score (nSPS) is 9.89. The van der Waals surface area contributed by atoms with E-state index in [4.69, 9.17) is 10.2 Å². The van der Waals surface area contributed by atoms with Crippen LogP contribution in [0.1, 0.15) is 20.7 Å². The van der Waals surface area contributed by atoms with Gasteiger partial charge in [0.15, 0.2) is 0 Å². The molecule has 19 heavy (non-hydrogen) atoms. The average molecular weight is 272 g/mol. The molecule has 0 amide bonds. The molecule has 0 spiro atoms. The largest absolute Gasteiger partial charge is 0.497 e. The van der Waals surface area contributed by atoms with Gasteiger partial charge in [-0.2, -0.15) is 0 Å². The highest BCUT2D eigenvalue weighted by Crippen LogP contribution is 2.41. The van der Waals surface area contributed by atoms with E-state index in [1.54, 1.807) is 0 Å². The molecule has 100 valence electrons. The van der Waals surface area contributed by atoms with Gasteiger partial charge >= 0.3 is 23.3 Å². The Bertz CT molecular complexity index is 571. The van der Waals surface area contributed by atoms with Crippen molar-refractivity contribution in [3.63, 3.8) is 0 Å². The van der Waals surface area contributed by atoms with Crippen LogP contribution in [-0.2, 0) is 0 Å². The Morgan fingerprint density at radius 3 is 1.47 bits per heavy atom. The molecule has 11 nitrogen and oxygen atoms in total. The Labute approximate surface area is 102 Å². The second-order valence-electron chi connectivity index (χ2n) is 3.14. The van der Waals surface area contributed by atoms with Crippen LogP contribution in [-0.4, -0.2) is 37.1 Å². The monoisotopic (exact) mass is 272 g/mol. The first kappa shape index (κ1) is 13.8. The molecular formula is C8H4N2O9. The number of carboxylic acid groups (broad SMARTS) is 2. The van der Waals surface area contributed by atoms with Gasteiger partial charge in [-0.3, -0.25) is 20.2 Å². The molecule has 0 saturated heterocycles. The summed E-state index contributed by atoms with van der Waals surface area (Å²) < 4.78 is 0. The van der Waals surface area contributed by atoms with Crippen LogP contribution >= 0.6 is 0 Å². The van der Waals surface area contributed by atoms with Gasteiger partial charge < -0.3 is 15.3 Å². The minimum absolute atomic E-state index is 0.251. The number of nitro benzene ring substituents is 2. The minimum atomic E-state index is -1.90. The van der Waals surface area contributed by atoms with Gasteiger partial charge in [0.1, 0.15) is 11.1 Å². The Balaban J connectivity index is 3.91. The molecule has 1 aromatic carbocycles. The SMILES string of the molecule is O=C(O)c1cc(C(=O)O)c([N+](=O)[O-])c(O)c1[N+](=O)[O-]. The first-order valence-electron chi connectivity index (χ1n) is 4.33. The van der Waals surface area contributed by atoms with Gasteiger partial charge in [0.05, 0.1) is 9.85 Å². The van der Waals surface area contributed by atoms with Crippen molar-refractivity contribution in [3.05, 3.63) is 37.4 Å². The third-order valence-electron chi connectivity index (χ3n) is 2.07. The van der Waals surface area contributed by atoms with Crippen LogP contribution in [0.25, 0.3) is 0 Å². The zero-order chi connectivity index (χ0) is 14.9. The van der Waals surface area contributed by atoms with Crippen molar-refractivity contribution in [2.45, 2.75) is 0 Å². The van der Waals surface area contributed by atoms with Crippen LogP contribution in [0.5, 0.6) is 5.75 Å². The van der Waals surface area contributed by atoms with Gasteiger partial charge in [0.25, 0.3) is 5.75 Å². The molecule has 1 aromatic rings. The minimum Gasteiger partial charge on any atom is -0.497 e. The fourth-order valence-corrected chi connectivity index (χ4v) is 1.34. The first-order valence-corrected chi connectivity index (χ1v) is 4.33. The van der Waals surface area contributed by atoms with Crippen molar-refractivity contribution in [3.8, 4) is 5.75 Å². The third-order valence-corrected chi connectivity index (χ3v) is 2.07. The maximum absolute atomic E-state index is 10.8. The summed E-state index contributed by atoms with van der Waals surface area (Å²) in [6, 6.07) is 0.251. The average Bonchev–Trinajstić information content (AvgIpc) is 2.25. The molecule has 3 N–H and O–H groups in total. The number of rotatable bonds is 4. The van der Waals surface area contributed by atoms with Crippen LogP contribution in [0.4, 0.5) is 11.4 Å². The Hall–Kier alpha value is -3.24. The number of carbonyl (C=O) groups is 2. The van der Waals surface area contributed by atoms with Gasteiger partial charge in [-0.05, 0) is 6.07 Å². The summed E-state index contributed by atoms with van der Waals surface area (Å²) in [6.07, 6.45) is 0. The third kappa shape index (κ3) is 2.24. The molecule has 11 heteroatoms. The number of nitrogens with zero attached hydrogens (tertiary/aromatic N) is 2. The molecule has 1 rings (SSSR count). The highest BCUT2D eigenvalue weighted by molar-refractivity contribution is 6.02. The standard InChI is InChI=1S/C8H4N2O9/c11-6-4(9(16)17)2(7(12)13)1-3(8(14)15)5(6)10(18)19/h1,11H,(H,12,13)(H,14,15). The van der Waals surface area contributed by atoms with E-state index in [2.05, 4.69) is 0 Å². The molecule has 0 aliphatic carbocycles. The predicted molar refractivity (Wildman–Crippen MR) is 55.3 cm³/mol. The van der Waals surface area contributed by atoms with Crippen molar-refractivity contribution in [1.29, 1.82) is 0 Å². The number of hydrogen-bond acceptors (Lipinski definition) is 7. The number of phenolic OH excluding ortho intramolecular Hbond substituents is 1. The summed E-state index contributed by atoms with van der Waals surface area (Å²) in [7, 11) is 0. The van der Waals surface area contributed by atoms with Crippen molar-refractivity contribution >= 4 is 23.3 Å². The number of hydrogen-bond donors (Lipinski definition) is 3. The van der Waals surface area contributed by atoms with Gasteiger partial charge in [0.2, 0.25) is 0 Å². The van der Waals surface area contributed by atoms with E-state index in [1.165, 1.54) is 0 Å². The number of carboxylic acids is 2. The van der Waals surface area contributed by atoms with E-state index in [0.29, 0.717) is 0 Å². The fraction of sp³-hybridized carbons (Fsp3) is 0. The van der Waals surface area contributed by atoms with Gasteiger partial charge in [0, 0.05) is 0 Å². The maximum atomic E-state index is 10.8. The summed E-state index contributed by atoms with van der Waals surface area (Å²) in [5.41, 5.74) is -5.20. The summed E-state index contributed by atoms with van der Waals surface area (Å²) in [5.74, 6) is -5.42. The Morgan fingerprint density at radius 2 is 1.26 bits per heavy atom. The van der Waals surface area contributed by atoms with Crippen molar-refractivity contribution in [2.75, 3.05) is 0 Å². The van der Waals surface area contributed by atoms with Gasteiger partial charge in [-0.1, -0.05) is 0 Å². The van der Waals surface area contributed by atoms with Crippen molar-refractivity contribution in [2.24, 2.45) is 0 Å². The van der Waals surface area contributed by atoms with Crippen LogP contribution in [0.3, 0.4) is 0 Å². The number of aromatic hydroxyl groups is 1. The van der Waals surface area contributed by atoms with Gasteiger partial charge in [-0.15, -0.1) is 0 Å². The molecule has 0 heterocycles. The van der Waals surface area contributed by atoms with E-state index in [-0.39, 0.29) is 6.07 Å². The lowest BCUT2D eigenvalue weighted by Crippen LogP contribution is -2.10. The lowest BCUT2D eigenvalue weighted by molar-refractivity contribution is -0.396. The van der Waals surface area contributed by atoms with Crippen LogP contribution < -0.4 is 0 Å². The molecule has 0 radical (unpaired) electrons. The Morgan fingerprint density at radius 1 is 0.947 bits per heavy atom. The van der Waals surface area contributed by atoms with E-state index < -0.39 is 50.0 Å². The molecule has 0 aliphatic heterocycles. The maximum Gasteiger partial charge on any atom is 0.342 e. The number of benzene rings is 1. The number of phenols is 1. The topological polar surface area (TPSA) is 181 Å². The van der Waals surface area contributed by atoms with E-state index >= 15 is 0 Å². The summed E-state index contributed by atoms with van der Waals surface area (Å²) >= 11 is 0. The molecule has 0 fully saturated rings. The van der Waals surface area contributed by atoms with Crippen LogP contribution in [0, 0.1) is 20.2 Å². The lowest BCUT2D eigenvalue weighted by Gasteiger charge is -2.04. The van der Waals surface area contributed by atoms with E-state index in [9.17, 15) is 34.9 Å². The Kier molecular flexibility index (Phi) is 3.32. The van der Waals surface area contributed by atoms with Crippen LogP contribution in [0.2, 0.25) is 0 Å².